The maximum absolute atomic E-state index is 3.51. The summed E-state index contributed by atoms with van der Waals surface area (Å²) in [7, 11) is 2.19. The summed E-state index contributed by atoms with van der Waals surface area (Å²) in [5.74, 6) is 0.722. The standard InChI is InChI=1S/C17H30N2/c1-14(2)12-19(6)13-16-9-7-15(8-10-16)11-18-17(3,4)5/h7-10,14,18H,11-13H2,1-6H3. The van der Waals surface area contributed by atoms with Gasteiger partial charge in [-0.2, -0.15) is 0 Å². The van der Waals surface area contributed by atoms with Gasteiger partial charge in [-0.05, 0) is 44.9 Å². The van der Waals surface area contributed by atoms with Crippen molar-refractivity contribution < 1.29 is 0 Å². The lowest BCUT2D eigenvalue weighted by atomic mass is 10.1. The highest BCUT2D eigenvalue weighted by atomic mass is 15.1. The molecule has 0 bridgehead atoms. The number of hydrogen-bond donors (Lipinski definition) is 1. The van der Waals surface area contributed by atoms with Crippen LogP contribution >= 0.6 is 0 Å². The molecule has 0 unspecified atom stereocenters. The van der Waals surface area contributed by atoms with Crippen LogP contribution in [0.1, 0.15) is 45.7 Å². The van der Waals surface area contributed by atoms with Gasteiger partial charge in [-0.25, -0.2) is 0 Å². The molecule has 0 aromatic heterocycles. The molecule has 0 aliphatic heterocycles. The molecule has 0 radical (unpaired) electrons. The Morgan fingerprint density at radius 1 is 1.05 bits per heavy atom. The highest BCUT2D eigenvalue weighted by molar-refractivity contribution is 5.22. The third kappa shape index (κ3) is 7.34. The van der Waals surface area contributed by atoms with Crippen LogP contribution in [0.25, 0.3) is 0 Å². The van der Waals surface area contributed by atoms with E-state index in [9.17, 15) is 0 Å². The minimum atomic E-state index is 0.177. The third-order valence-corrected chi connectivity index (χ3v) is 2.98. The molecule has 0 heterocycles. The SMILES string of the molecule is CC(C)CN(C)Cc1ccc(CNC(C)(C)C)cc1. The predicted molar refractivity (Wildman–Crippen MR) is 84.2 cm³/mol. The molecule has 0 aliphatic rings. The monoisotopic (exact) mass is 262 g/mol. The molecule has 0 atom stereocenters. The Kier molecular flexibility index (Phi) is 6.02. The summed E-state index contributed by atoms with van der Waals surface area (Å²) in [5.41, 5.74) is 2.92. The third-order valence-electron chi connectivity index (χ3n) is 2.98. The van der Waals surface area contributed by atoms with Crippen LogP contribution in [-0.4, -0.2) is 24.0 Å². The summed E-state index contributed by atoms with van der Waals surface area (Å²) in [6.45, 7) is 14.2. The van der Waals surface area contributed by atoms with Crippen LogP contribution in [-0.2, 0) is 13.1 Å². The quantitative estimate of drug-likeness (QED) is 0.841. The number of nitrogens with one attached hydrogen (secondary N) is 1. The first-order valence-electron chi connectivity index (χ1n) is 7.27. The van der Waals surface area contributed by atoms with E-state index in [0.29, 0.717) is 0 Å². The molecule has 0 saturated heterocycles. The summed E-state index contributed by atoms with van der Waals surface area (Å²) >= 11 is 0. The molecule has 1 N–H and O–H groups in total. The number of nitrogens with zero attached hydrogens (tertiary/aromatic N) is 1. The van der Waals surface area contributed by atoms with E-state index in [1.54, 1.807) is 0 Å². The molecule has 0 fully saturated rings. The van der Waals surface area contributed by atoms with Gasteiger partial charge in [0.05, 0.1) is 0 Å². The van der Waals surface area contributed by atoms with Crippen LogP contribution in [0.2, 0.25) is 0 Å². The first-order valence-corrected chi connectivity index (χ1v) is 7.27. The molecule has 108 valence electrons. The first kappa shape index (κ1) is 16.2. The Balaban J connectivity index is 2.47. The predicted octanol–water partition coefficient (Wildman–Crippen LogP) is 3.66. The van der Waals surface area contributed by atoms with Gasteiger partial charge in [-0.3, -0.25) is 0 Å². The van der Waals surface area contributed by atoms with E-state index in [1.807, 2.05) is 0 Å². The van der Waals surface area contributed by atoms with Crippen molar-refractivity contribution in [2.75, 3.05) is 13.6 Å². The first-order chi connectivity index (χ1) is 8.76. The van der Waals surface area contributed by atoms with Gasteiger partial charge in [0.15, 0.2) is 0 Å². The van der Waals surface area contributed by atoms with E-state index in [-0.39, 0.29) is 5.54 Å². The van der Waals surface area contributed by atoms with E-state index in [1.165, 1.54) is 11.1 Å². The maximum Gasteiger partial charge on any atom is 0.0230 e. The van der Waals surface area contributed by atoms with Crippen LogP contribution in [0.15, 0.2) is 24.3 Å². The Hall–Kier alpha value is -0.860. The van der Waals surface area contributed by atoms with E-state index < -0.39 is 0 Å². The second-order valence-electron chi connectivity index (χ2n) is 7.01. The minimum Gasteiger partial charge on any atom is -0.308 e. The number of hydrogen-bond acceptors (Lipinski definition) is 2. The van der Waals surface area contributed by atoms with Gasteiger partial charge >= 0.3 is 0 Å². The van der Waals surface area contributed by atoms with Gasteiger partial charge in [0.2, 0.25) is 0 Å². The van der Waals surface area contributed by atoms with Crippen LogP contribution in [0.3, 0.4) is 0 Å². The smallest absolute Gasteiger partial charge is 0.0230 e. The van der Waals surface area contributed by atoms with E-state index in [0.717, 1.165) is 25.6 Å². The number of rotatable bonds is 6. The average Bonchev–Trinajstić information content (AvgIpc) is 2.26. The summed E-state index contributed by atoms with van der Waals surface area (Å²) < 4.78 is 0. The highest BCUT2D eigenvalue weighted by Gasteiger charge is 2.08. The lowest BCUT2D eigenvalue weighted by Crippen LogP contribution is -2.35. The molecule has 1 aromatic carbocycles. The largest absolute Gasteiger partial charge is 0.308 e. The number of benzene rings is 1. The van der Waals surface area contributed by atoms with Crippen molar-refractivity contribution >= 4 is 0 Å². The molecule has 2 nitrogen and oxygen atoms in total. The van der Waals surface area contributed by atoms with Crippen LogP contribution in [0.5, 0.6) is 0 Å². The normalized spacial score (nSPS) is 12.4. The zero-order valence-electron chi connectivity index (χ0n) is 13.5. The van der Waals surface area contributed by atoms with Crippen molar-refractivity contribution in [3.8, 4) is 0 Å². The van der Waals surface area contributed by atoms with Gasteiger partial charge in [0.1, 0.15) is 0 Å². The molecular weight excluding hydrogens is 232 g/mol. The lowest BCUT2D eigenvalue weighted by Gasteiger charge is -2.21. The molecule has 0 amide bonds. The van der Waals surface area contributed by atoms with E-state index in [2.05, 4.69) is 76.1 Å². The molecular formula is C17H30N2. The van der Waals surface area contributed by atoms with Gasteiger partial charge < -0.3 is 10.2 Å². The van der Waals surface area contributed by atoms with Crippen LogP contribution in [0, 0.1) is 5.92 Å². The van der Waals surface area contributed by atoms with Gasteiger partial charge in [0, 0.05) is 25.2 Å². The second-order valence-corrected chi connectivity index (χ2v) is 7.01. The van der Waals surface area contributed by atoms with Crippen LogP contribution < -0.4 is 5.32 Å². The van der Waals surface area contributed by atoms with Crippen LogP contribution in [0.4, 0.5) is 0 Å². The fourth-order valence-corrected chi connectivity index (χ4v) is 2.13. The van der Waals surface area contributed by atoms with Gasteiger partial charge in [0.25, 0.3) is 0 Å². The van der Waals surface area contributed by atoms with Gasteiger partial charge in [-0.1, -0.05) is 38.1 Å². The van der Waals surface area contributed by atoms with Crippen molar-refractivity contribution in [3.63, 3.8) is 0 Å². The fraction of sp³-hybridized carbons (Fsp3) is 0.647. The molecule has 0 spiro atoms. The highest BCUT2D eigenvalue weighted by Crippen LogP contribution is 2.09. The molecule has 0 aliphatic carbocycles. The second kappa shape index (κ2) is 7.06. The molecule has 1 rings (SSSR count). The van der Waals surface area contributed by atoms with Crippen molar-refractivity contribution in [3.05, 3.63) is 35.4 Å². The van der Waals surface area contributed by atoms with E-state index in [4.69, 9.17) is 0 Å². The Morgan fingerprint density at radius 3 is 2.05 bits per heavy atom. The Labute approximate surface area is 119 Å². The summed E-state index contributed by atoms with van der Waals surface area (Å²) in [4.78, 5) is 2.38. The fourth-order valence-electron chi connectivity index (χ4n) is 2.13. The summed E-state index contributed by atoms with van der Waals surface area (Å²) in [5, 5.41) is 3.51. The Bertz CT molecular complexity index is 360. The van der Waals surface area contributed by atoms with E-state index >= 15 is 0 Å². The topological polar surface area (TPSA) is 15.3 Å². The van der Waals surface area contributed by atoms with Crippen molar-refractivity contribution in [2.45, 2.75) is 53.2 Å². The van der Waals surface area contributed by atoms with Crippen molar-refractivity contribution in [1.29, 1.82) is 0 Å². The Morgan fingerprint density at radius 2 is 1.58 bits per heavy atom. The van der Waals surface area contributed by atoms with Crippen molar-refractivity contribution in [1.82, 2.24) is 10.2 Å². The average molecular weight is 262 g/mol. The van der Waals surface area contributed by atoms with Crippen molar-refractivity contribution in [2.24, 2.45) is 5.92 Å². The maximum atomic E-state index is 3.51. The minimum absolute atomic E-state index is 0.177. The summed E-state index contributed by atoms with van der Waals surface area (Å²) in [6, 6.07) is 8.96. The zero-order chi connectivity index (χ0) is 14.5. The zero-order valence-corrected chi connectivity index (χ0v) is 13.5. The molecule has 1 aromatic rings. The van der Waals surface area contributed by atoms with Gasteiger partial charge in [-0.15, -0.1) is 0 Å². The molecule has 2 heteroatoms. The molecule has 19 heavy (non-hydrogen) atoms. The lowest BCUT2D eigenvalue weighted by molar-refractivity contribution is 0.288. The summed E-state index contributed by atoms with van der Waals surface area (Å²) in [6.07, 6.45) is 0. The molecule has 0 saturated carbocycles.